The number of hydrogen-bond donors (Lipinski definition) is 1. The fourth-order valence-corrected chi connectivity index (χ4v) is 2.50. The van der Waals surface area contributed by atoms with Gasteiger partial charge >= 0.3 is 0 Å². The molecule has 0 aliphatic heterocycles. The number of hydrogen-bond acceptors (Lipinski definition) is 3. The lowest BCUT2D eigenvalue weighted by Crippen LogP contribution is -2.23. The quantitative estimate of drug-likeness (QED) is 0.851. The highest BCUT2D eigenvalue weighted by molar-refractivity contribution is 5.43. The molecule has 0 saturated heterocycles. The van der Waals surface area contributed by atoms with Gasteiger partial charge in [-0.2, -0.15) is 0 Å². The third-order valence-electron chi connectivity index (χ3n) is 3.41. The Balaban J connectivity index is 2.32. The van der Waals surface area contributed by atoms with Gasteiger partial charge in [-0.15, -0.1) is 0 Å². The lowest BCUT2D eigenvalue weighted by molar-refractivity contribution is 0.387. The van der Waals surface area contributed by atoms with E-state index in [-0.39, 0.29) is 6.04 Å². The Morgan fingerprint density at radius 2 is 2.00 bits per heavy atom. The van der Waals surface area contributed by atoms with Crippen LogP contribution in [-0.2, 0) is 0 Å². The molecule has 1 aromatic rings. The molecule has 2 unspecified atom stereocenters. The molecule has 0 amide bonds. The van der Waals surface area contributed by atoms with Crippen molar-refractivity contribution in [3.8, 4) is 11.5 Å². The van der Waals surface area contributed by atoms with Crippen molar-refractivity contribution in [2.24, 2.45) is 5.73 Å². The van der Waals surface area contributed by atoms with Crippen LogP contribution < -0.4 is 15.2 Å². The van der Waals surface area contributed by atoms with E-state index in [9.17, 15) is 0 Å². The minimum atomic E-state index is 0.266. The normalized spacial score (nSPS) is 24.4. The Kier molecular flexibility index (Phi) is 3.34. The van der Waals surface area contributed by atoms with Gasteiger partial charge in [0.05, 0.1) is 14.2 Å². The maximum Gasteiger partial charge on any atom is 0.126 e. The summed E-state index contributed by atoms with van der Waals surface area (Å²) in [5.74, 6) is 2.15. The number of nitrogens with two attached hydrogens (primary N) is 1. The Morgan fingerprint density at radius 1 is 1.19 bits per heavy atom. The van der Waals surface area contributed by atoms with Crippen LogP contribution in [0, 0.1) is 0 Å². The van der Waals surface area contributed by atoms with Gasteiger partial charge in [0.15, 0.2) is 0 Å². The highest BCUT2D eigenvalue weighted by atomic mass is 16.5. The van der Waals surface area contributed by atoms with Crippen LogP contribution in [0.3, 0.4) is 0 Å². The van der Waals surface area contributed by atoms with Crippen molar-refractivity contribution in [2.75, 3.05) is 14.2 Å². The molecule has 1 saturated carbocycles. The molecule has 0 aromatic heterocycles. The molecule has 88 valence electrons. The Hall–Kier alpha value is -1.22. The Morgan fingerprint density at radius 3 is 2.56 bits per heavy atom. The van der Waals surface area contributed by atoms with E-state index in [0.717, 1.165) is 24.3 Å². The van der Waals surface area contributed by atoms with E-state index in [4.69, 9.17) is 15.2 Å². The second-order valence-electron chi connectivity index (χ2n) is 4.31. The lowest BCUT2D eigenvalue weighted by atomic mass is 9.93. The zero-order valence-electron chi connectivity index (χ0n) is 9.90. The molecule has 3 nitrogen and oxygen atoms in total. The first-order valence-corrected chi connectivity index (χ1v) is 5.73. The third kappa shape index (κ3) is 2.00. The summed E-state index contributed by atoms with van der Waals surface area (Å²) in [6.45, 7) is 0. The van der Waals surface area contributed by atoms with Gasteiger partial charge in [-0.1, -0.05) is 12.5 Å². The van der Waals surface area contributed by atoms with Crippen LogP contribution in [0.25, 0.3) is 0 Å². The zero-order chi connectivity index (χ0) is 11.5. The molecule has 1 aliphatic rings. The Labute approximate surface area is 96.5 Å². The summed E-state index contributed by atoms with van der Waals surface area (Å²) in [6, 6.07) is 6.25. The number of rotatable bonds is 3. The number of ether oxygens (including phenoxy) is 2. The molecule has 1 aliphatic carbocycles. The lowest BCUT2D eigenvalue weighted by Gasteiger charge is -2.19. The molecule has 0 bridgehead atoms. The summed E-state index contributed by atoms with van der Waals surface area (Å²) in [5, 5.41) is 0. The minimum absolute atomic E-state index is 0.266. The molecule has 2 N–H and O–H groups in total. The van der Waals surface area contributed by atoms with Crippen molar-refractivity contribution in [1.82, 2.24) is 0 Å². The van der Waals surface area contributed by atoms with E-state index in [2.05, 4.69) is 6.07 Å². The van der Waals surface area contributed by atoms with E-state index in [0.29, 0.717) is 5.92 Å². The topological polar surface area (TPSA) is 44.5 Å². The van der Waals surface area contributed by atoms with Gasteiger partial charge in [-0.25, -0.2) is 0 Å². The first-order valence-electron chi connectivity index (χ1n) is 5.73. The summed E-state index contributed by atoms with van der Waals surface area (Å²) in [5.41, 5.74) is 7.33. The summed E-state index contributed by atoms with van der Waals surface area (Å²) < 4.78 is 10.6. The molecule has 0 heterocycles. The molecule has 0 radical (unpaired) electrons. The van der Waals surface area contributed by atoms with Crippen molar-refractivity contribution < 1.29 is 9.47 Å². The standard InChI is InChI=1S/C13H19NO2/c1-15-9-6-7-11(13(8-9)16-2)10-4-3-5-12(10)14/h6-8,10,12H,3-5,14H2,1-2H3. The molecular weight excluding hydrogens is 202 g/mol. The monoisotopic (exact) mass is 221 g/mol. The van der Waals surface area contributed by atoms with Crippen molar-refractivity contribution in [3.63, 3.8) is 0 Å². The molecule has 2 rings (SSSR count). The molecule has 0 spiro atoms. The van der Waals surface area contributed by atoms with Gasteiger partial charge in [0.1, 0.15) is 11.5 Å². The smallest absolute Gasteiger partial charge is 0.126 e. The highest BCUT2D eigenvalue weighted by Gasteiger charge is 2.27. The molecule has 16 heavy (non-hydrogen) atoms. The molecular formula is C13H19NO2. The van der Waals surface area contributed by atoms with Gasteiger partial charge in [-0.05, 0) is 24.5 Å². The fraction of sp³-hybridized carbons (Fsp3) is 0.538. The predicted molar refractivity (Wildman–Crippen MR) is 64.1 cm³/mol. The van der Waals surface area contributed by atoms with Crippen LogP contribution in [0.15, 0.2) is 18.2 Å². The van der Waals surface area contributed by atoms with Gasteiger partial charge in [0.25, 0.3) is 0 Å². The van der Waals surface area contributed by atoms with Gasteiger partial charge in [-0.3, -0.25) is 0 Å². The number of benzene rings is 1. The molecule has 1 fully saturated rings. The van der Waals surface area contributed by atoms with Crippen LogP contribution in [0.5, 0.6) is 11.5 Å². The summed E-state index contributed by atoms with van der Waals surface area (Å²) in [7, 11) is 3.36. The van der Waals surface area contributed by atoms with Crippen molar-refractivity contribution >= 4 is 0 Å². The van der Waals surface area contributed by atoms with Crippen LogP contribution >= 0.6 is 0 Å². The number of methoxy groups -OCH3 is 2. The van der Waals surface area contributed by atoms with Crippen LogP contribution in [0.2, 0.25) is 0 Å². The van der Waals surface area contributed by atoms with Gasteiger partial charge in [0.2, 0.25) is 0 Å². The second kappa shape index (κ2) is 4.74. The van der Waals surface area contributed by atoms with Crippen molar-refractivity contribution in [2.45, 2.75) is 31.2 Å². The van der Waals surface area contributed by atoms with Gasteiger partial charge < -0.3 is 15.2 Å². The first kappa shape index (κ1) is 11.3. The second-order valence-corrected chi connectivity index (χ2v) is 4.31. The van der Waals surface area contributed by atoms with Crippen LogP contribution in [0.4, 0.5) is 0 Å². The maximum absolute atomic E-state index is 6.12. The fourth-order valence-electron chi connectivity index (χ4n) is 2.50. The SMILES string of the molecule is COc1ccc(C2CCCC2N)c(OC)c1. The summed E-state index contributed by atoms with van der Waals surface area (Å²) in [6.07, 6.45) is 3.48. The first-order chi connectivity index (χ1) is 7.76. The third-order valence-corrected chi connectivity index (χ3v) is 3.41. The van der Waals surface area contributed by atoms with E-state index >= 15 is 0 Å². The van der Waals surface area contributed by atoms with E-state index in [1.54, 1.807) is 14.2 Å². The Bertz CT molecular complexity index is 365. The van der Waals surface area contributed by atoms with Crippen molar-refractivity contribution in [3.05, 3.63) is 23.8 Å². The largest absolute Gasteiger partial charge is 0.497 e. The van der Waals surface area contributed by atoms with E-state index in [1.165, 1.54) is 12.0 Å². The van der Waals surface area contributed by atoms with Crippen LogP contribution in [-0.4, -0.2) is 20.3 Å². The average molecular weight is 221 g/mol. The molecule has 1 aromatic carbocycles. The van der Waals surface area contributed by atoms with Gasteiger partial charge in [0, 0.05) is 18.0 Å². The summed E-state index contributed by atoms with van der Waals surface area (Å²) >= 11 is 0. The zero-order valence-corrected chi connectivity index (χ0v) is 9.90. The van der Waals surface area contributed by atoms with E-state index < -0.39 is 0 Å². The minimum Gasteiger partial charge on any atom is -0.497 e. The molecule has 2 atom stereocenters. The van der Waals surface area contributed by atoms with E-state index in [1.807, 2.05) is 12.1 Å². The average Bonchev–Trinajstić information content (AvgIpc) is 2.74. The molecule has 3 heteroatoms. The van der Waals surface area contributed by atoms with Crippen molar-refractivity contribution in [1.29, 1.82) is 0 Å². The highest BCUT2D eigenvalue weighted by Crippen LogP contribution is 2.39. The maximum atomic E-state index is 6.12. The summed E-state index contributed by atoms with van der Waals surface area (Å²) in [4.78, 5) is 0. The predicted octanol–water partition coefficient (Wildman–Crippen LogP) is 2.30. The van der Waals surface area contributed by atoms with Crippen LogP contribution in [0.1, 0.15) is 30.7 Å².